The molecule has 2 aromatic carbocycles. The van der Waals surface area contributed by atoms with E-state index in [0.717, 1.165) is 0 Å². The van der Waals surface area contributed by atoms with Gasteiger partial charge < -0.3 is 26.1 Å². The average Bonchev–Trinajstić information content (AvgIpc) is 3.01. The molecule has 4 rings (SSSR count). The topological polar surface area (TPSA) is 137 Å². The van der Waals surface area contributed by atoms with E-state index in [1.807, 2.05) is 12.1 Å². The van der Waals surface area contributed by atoms with E-state index in [0.29, 0.717) is 38.9 Å². The summed E-state index contributed by atoms with van der Waals surface area (Å²) in [7, 11) is 0. The van der Waals surface area contributed by atoms with Gasteiger partial charge in [-0.1, -0.05) is 12.1 Å². The van der Waals surface area contributed by atoms with E-state index in [2.05, 4.69) is 20.3 Å². The van der Waals surface area contributed by atoms with Crippen LogP contribution in [0.2, 0.25) is 0 Å². The van der Waals surface area contributed by atoms with Gasteiger partial charge in [0.2, 0.25) is 0 Å². The van der Waals surface area contributed by atoms with Gasteiger partial charge in [-0.3, -0.25) is 9.59 Å². The van der Waals surface area contributed by atoms with Crippen LogP contribution >= 0.6 is 0 Å². The number of carbonyl (C=O) groups is 1. The molecule has 4 aromatic rings. The van der Waals surface area contributed by atoms with Crippen molar-refractivity contribution in [3.05, 3.63) is 58.4 Å². The summed E-state index contributed by atoms with van der Waals surface area (Å²) in [6.07, 6.45) is 0. The van der Waals surface area contributed by atoms with Gasteiger partial charge in [0, 0.05) is 23.0 Å². The monoisotopic (exact) mass is 363 g/mol. The van der Waals surface area contributed by atoms with Crippen LogP contribution in [0.25, 0.3) is 33.3 Å². The molecule has 0 aliphatic rings. The first-order valence-corrected chi connectivity index (χ1v) is 8.38. The first-order chi connectivity index (χ1) is 13.1. The number of nitrogen functional groups attached to an aromatic ring is 1. The summed E-state index contributed by atoms with van der Waals surface area (Å²) in [5.74, 6) is -0.310. The van der Waals surface area contributed by atoms with E-state index in [1.54, 1.807) is 30.3 Å². The summed E-state index contributed by atoms with van der Waals surface area (Å²) in [6, 6.07) is 12.2. The van der Waals surface area contributed by atoms with E-state index in [9.17, 15) is 9.59 Å². The van der Waals surface area contributed by atoms with Gasteiger partial charge in [-0.2, -0.15) is 0 Å². The van der Waals surface area contributed by atoms with Gasteiger partial charge in [0.05, 0.1) is 29.0 Å². The number of aromatic nitrogens is 3. The third kappa shape index (κ3) is 2.91. The zero-order valence-electron chi connectivity index (χ0n) is 14.2. The van der Waals surface area contributed by atoms with Crippen molar-refractivity contribution < 1.29 is 9.90 Å². The Hall–Kier alpha value is -3.65. The van der Waals surface area contributed by atoms with Crippen LogP contribution in [0, 0.1) is 0 Å². The second kappa shape index (κ2) is 6.58. The Labute approximate surface area is 153 Å². The van der Waals surface area contributed by atoms with Crippen molar-refractivity contribution in [3.63, 3.8) is 0 Å². The maximum absolute atomic E-state index is 12.5. The molecule has 0 atom stereocenters. The van der Waals surface area contributed by atoms with Crippen LogP contribution in [0.5, 0.6) is 0 Å². The first kappa shape index (κ1) is 16.8. The SMILES string of the molecule is Nc1c(-c2nc3ccccc3[nH]c2=O)[nH]c2ccc(C(=O)NCCO)cc12. The van der Waals surface area contributed by atoms with Crippen LogP contribution in [-0.4, -0.2) is 39.1 Å². The Balaban J connectivity index is 1.84. The Morgan fingerprint density at radius 1 is 1.15 bits per heavy atom. The molecule has 0 bridgehead atoms. The van der Waals surface area contributed by atoms with Crippen molar-refractivity contribution in [2.24, 2.45) is 0 Å². The Morgan fingerprint density at radius 2 is 1.96 bits per heavy atom. The number of hydrogen-bond donors (Lipinski definition) is 5. The van der Waals surface area contributed by atoms with Gasteiger partial charge in [-0.15, -0.1) is 0 Å². The third-order valence-electron chi connectivity index (χ3n) is 4.33. The second-order valence-electron chi connectivity index (χ2n) is 6.09. The molecule has 27 heavy (non-hydrogen) atoms. The largest absolute Gasteiger partial charge is 0.396 e. The van der Waals surface area contributed by atoms with Crippen LogP contribution < -0.4 is 16.6 Å². The smallest absolute Gasteiger partial charge is 0.276 e. The number of nitrogens with zero attached hydrogens (tertiary/aromatic N) is 1. The minimum atomic E-state index is -0.354. The zero-order chi connectivity index (χ0) is 19.0. The molecular formula is C19H17N5O3. The number of amides is 1. The zero-order valence-corrected chi connectivity index (χ0v) is 14.2. The maximum atomic E-state index is 12.5. The van der Waals surface area contributed by atoms with E-state index < -0.39 is 0 Å². The van der Waals surface area contributed by atoms with Crippen LogP contribution in [0.1, 0.15) is 10.4 Å². The predicted octanol–water partition coefficient (Wildman–Crippen LogP) is 1.38. The molecular weight excluding hydrogens is 346 g/mol. The molecule has 0 spiro atoms. The fourth-order valence-corrected chi connectivity index (χ4v) is 3.01. The highest BCUT2D eigenvalue weighted by atomic mass is 16.3. The summed E-state index contributed by atoms with van der Waals surface area (Å²) in [4.78, 5) is 34.9. The first-order valence-electron chi connectivity index (χ1n) is 8.38. The van der Waals surface area contributed by atoms with Crippen molar-refractivity contribution in [2.75, 3.05) is 18.9 Å². The number of benzene rings is 2. The van der Waals surface area contributed by atoms with E-state index >= 15 is 0 Å². The quantitative estimate of drug-likeness (QED) is 0.373. The number of aliphatic hydroxyl groups excluding tert-OH is 1. The van der Waals surface area contributed by atoms with Gasteiger partial charge in [0.15, 0.2) is 5.69 Å². The molecule has 0 unspecified atom stereocenters. The van der Waals surface area contributed by atoms with Crippen molar-refractivity contribution in [2.45, 2.75) is 0 Å². The van der Waals surface area contributed by atoms with Gasteiger partial charge in [-0.05, 0) is 30.3 Å². The summed E-state index contributed by atoms with van der Waals surface area (Å²) in [5.41, 5.74) is 9.23. The molecule has 8 heteroatoms. The Morgan fingerprint density at radius 3 is 2.78 bits per heavy atom. The number of nitrogens with one attached hydrogen (secondary N) is 3. The van der Waals surface area contributed by atoms with Gasteiger partial charge >= 0.3 is 0 Å². The molecule has 0 fully saturated rings. The fraction of sp³-hybridized carbons (Fsp3) is 0.105. The van der Waals surface area contributed by atoms with Gasteiger partial charge in [-0.25, -0.2) is 4.98 Å². The van der Waals surface area contributed by atoms with E-state index in [1.165, 1.54) is 0 Å². The van der Waals surface area contributed by atoms with Crippen LogP contribution in [0.4, 0.5) is 5.69 Å². The van der Waals surface area contributed by atoms with E-state index in [-0.39, 0.29) is 30.3 Å². The number of nitrogens with two attached hydrogens (primary N) is 1. The summed E-state index contributed by atoms with van der Waals surface area (Å²) >= 11 is 0. The lowest BCUT2D eigenvalue weighted by Crippen LogP contribution is -2.26. The number of anilines is 1. The summed E-state index contributed by atoms with van der Waals surface area (Å²) in [5, 5.41) is 12.0. The standard InChI is InChI=1S/C19H17N5O3/c20-15-11-9-10(18(26)21-7-8-25)5-6-12(11)22-16(15)17-19(27)24-14-4-2-1-3-13(14)23-17/h1-6,9,22,25H,7-8,20H2,(H,21,26)(H,24,27). The number of H-pyrrole nitrogens is 2. The molecule has 2 heterocycles. The van der Waals surface area contributed by atoms with Gasteiger partial charge in [0.1, 0.15) is 0 Å². The second-order valence-corrected chi connectivity index (χ2v) is 6.09. The normalized spacial score (nSPS) is 11.1. The predicted molar refractivity (Wildman–Crippen MR) is 103 cm³/mol. The lowest BCUT2D eigenvalue weighted by atomic mass is 10.1. The molecule has 6 N–H and O–H groups in total. The number of aromatic amines is 2. The number of rotatable bonds is 4. The maximum Gasteiger partial charge on any atom is 0.276 e. The van der Waals surface area contributed by atoms with Crippen molar-refractivity contribution in [3.8, 4) is 11.4 Å². The Bertz CT molecular complexity index is 1230. The van der Waals surface area contributed by atoms with E-state index in [4.69, 9.17) is 10.8 Å². The summed E-state index contributed by atoms with van der Waals surface area (Å²) in [6.45, 7) is 0.0297. The van der Waals surface area contributed by atoms with Crippen LogP contribution in [-0.2, 0) is 0 Å². The third-order valence-corrected chi connectivity index (χ3v) is 4.33. The number of hydrogen-bond acceptors (Lipinski definition) is 5. The molecule has 8 nitrogen and oxygen atoms in total. The highest BCUT2D eigenvalue weighted by Gasteiger charge is 2.17. The number of para-hydroxylation sites is 2. The minimum absolute atomic E-state index is 0.138. The molecule has 0 saturated heterocycles. The number of carbonyl (C=O) groups excluding carboxylic acids is 1. The lowest BCUT2D eigenvalue weighted by Gasteiger charge is -2.03. The molecule has 1 amide bonds. The highest BCUT2D eigenvalue weighted by Crippen LogP contribution is 2.31. The summed E-state index contributed by atoms with van der Waals surface area (Å²) < 4.78 is 0. The molecule has 2 aromatic heterocycles. The van der Waals surface area contributed by atoms with Crippen molar-refractivity contribution in [1.29, 1.82) is 0 Å². The Kier molecular flexibility index (Phi) is 4.09. The van der Waals surface area contributed by atoms with Crippen molar-refractivity contribution in [1.82, 2.24) is 20.3 Å². The fourth-order valence-electron chi connectivity index (χ4n) is 3.01. The number of aliphatic hydroxyl groups is 1. The number of fused-ring (bicyclic) bond motifs is 2. The average molecular weight is 363 g/mol. The molecule has 0 aliphatic heterocycles. The highest BCUT2D eigenvalue weighted by molar-refractivity contribution is 6.04. The lowest BCUT2D eigenvalue weighted by molar-refractivity contribution is 0.0945. The molecule has 0 aliphatic carbocycles. The van der Waals surface area contributed by atoms with Crippen LogP contribution in [0.15, 0.2) is 47.3 Å². The minimum Gasteiger partial charge on any atom is -0.396 e. The molecule has 136 valence electrons. The molecule has 0 radical (unpaired) electrons. The van der Waals surface area contributed by atoms with Crippen LogP contribution in [0.3, 0.4) is 0 Å². The van der Waals surface area contributed by atoms with Crippen molar-refractivity contribution >= 4 is 33.5 Å². The van der Waals surface area contributed by atoms with Gasteiger partial charge in [0.25, 0.3) is 11.5 Å². The molecule has 0 saturated carbocycles.